The standard InChI is InChI=1S/C16H21N5O4/c1-4-17-14(22)10-20(5-2)11(3)15-18-19-16(25-15)12-6-8-13(9-7-12)21(23)24/h6-9,11H,4-5,10H2,1-3H3,(H,17,22)/t11-/m1/s1. The molecule has 0 bridgehead atoms. The monoisotopic (exact) mass is 347 g/mol. The fraction of sp³-hybridized carbons (Fsp3) is 0.438. The molecule has 0 unspecified atom stereocenters. The minimum absolute atomic E-state index is 0.00375. The summed E-state index contributed by atoms with van der Waals surface area (Å²) >= 11 is 0. The molecule has 0 radical (unpaired) electrons. The van der Waals surface area contributed by atoms with E-state index in [4.69, 9.17) is 4.42 Å². The van der Waals surface area contributed by atoms with Crippen LogP contribution in [0.15, 0.2) is 28.7 Å². The molecule has 2 aromatic rings. The number of nitro groups is 1. The van der Waals surface area contributed by atoms with Gasteiger partial charge in [0.1, 0.15) is 0 Å². The number of hydrogen-bond donors (Lipinski definition) is 1. The third-order valence-electron chi connectivity index (χ3n) is 3.80. The molecule has 1 heterocycles. The van der Waals surface area contributed by atoms with Crippen LogP contribution in [0.1, 0.15) is 32.7 Å². The number of carbonyl (C=O) groups is 1. The third kappa shape index (κ3) is 4.60. The van der Waals surface area contributed by atoms with E-state index < -0.39 is 4.92 Å². The first-order chi connectivity index (χ1) is 12.0. The molecule has 25 heavy (non-hydrogen) atoms. The number of rotatable bonds is 8. The summed E-state index contributed by atoms with van der Waals surface area (Å²) in [6.45, 7) is 7.16. The van der Waals surface area contributed by atoms with Gasteiger partial charge >= 0.3 is 0 Å². The van der Waals surface area contributed by atoms with Crippen LogP contribution in [0.5, 0.6) is 0 Å². The Morgan fingerprint density at radius 3 is 2.56 bits per heavy atom. The molecule has 0 aliphatic carbocycles. The summed E-state index contributed by atoms with van der Waals surface area (Å²) < 4.78 is 5.69. The zero-order valence-corrected chi connectivity index (χ0v) is 14.4. The lowest BCUT2D eigenvalue weighted by Gasteiger charge is -2.24. The lowest BCUT2D eigenvalue weighted by molar-refractivity contribution is -0.384. The first-order valence-electron chi connectivity index (χ1n) is 8.05. The molecule has 9 nitrogen and oxygen atoms in total. The second-order valence-electron chi connectivity index (χ2n) is 5.44. The van der Waals surface area contributed by atoms with Gasteiger partial charge in [-0.1, -0.05) is 6.92 Å². The van der Waals surface area contributed by atoms with E-state index in [0.717, 1.165) is 0 Å². The van der Waals surface area contributed by atoms with Crippen LogP contribution >= 0.6 is 0 Å². The maximum atomic E-state index is 11.8. The van der Waals surface area contributed by atoms with Crippen molar-refractivity contribution in [3.8, 4) is 11.5 Å². The minimum Gasteiger partial charge on any atom is -0.419 e. The molecular weight excluding hydrogens is 326 g/mol. The van der Waals surface area contributed by atoms with E-state index in [0.29, 0.717) is 24.5 Å². The van der Waals surface area contributed by atoms with E-state index in [1.54, 1.807) is 12.1 Å². The minimum atomic E-state index is -0.467. The van der Waals surface area contributed by atoms with Gasteiger partial charge in [-0.15, -0.1) is 10.2 Å². The van der Waals surface area contributed by atoms with Crippen molar-refractivity contribution in [2.45, 2.75) is 26.8 Å². The third-order valence-corrected chi connectivity index (χ3v) is 3.80. The van der Waals surface area contributed by atoms with Crippen LogP contribution < -0.4 is 5.32 Å². The average molecular weight is 347 g/mol. The van der Waals surface area contributed by atoms with Crippen molar-refractivity contribution in [2.24, 2.45) is 0 Å². The first kappa shape index (κ1) is 18.5. The van der Waals surface area contributed by atoms with E-state index in [1.165, 1.54) is 12.1 Å². The van der Waals surface area contributed by atoms with Gasteiger partial charge in [-0.2, -0.15) is 0 Å². The van der Waals surface area contributed by atoms with E-state index >= 15 is 0 Å². The Balaban J connectivity index is 2.13. The van der Waals surface area contributed by atoms with Crippen LogP contribution in [0, 0.1) is 10.1 Å². The van der Waals surface area contributed by atoms with Crippen LogP contribution in [0.2, 0.25) is 0 Å². The highest BCUT2D eigenvalue weighted by Crippen LogP contribution is 2.25. The normalized spacial score (nSPS) is 12.2. The first-order valence-corrected chi connectivity index (χ1v) is 8.05. The number of hydrogen-bond acceptors (Lipinski definition) is 7. The van der Waals surface area contributed by atoms with E-state index in [-0.39, 0.29) is 30.1 Å². The summed E-state index contributed by atoms with van der Waals surface area (Å²) in [7, 11) is 0. The lowest BCUT2D eigenvalue weighted by atomic mass is 10.2. The van der Waals surface area contributed by atoms with Crippen molar-refractivity contribution < 1.29 is 14.1 Å². The van der Waals surface area contributed by atoms with Gasteiger partial charge in [0.2, 0.25) is 17.7 Å². The number of non-ortho nitro benzene ring substituents is 1. The molecule has 0 aliphatic heterocycles. The maximum Gasteiger partial charge on any atom is 0.269 e. The van der Waals surface area contributed by atoms with Gasteiger partial charge in [-0.3, -0.25) is 19.8 Å². The highest BCUT2D eigenvalue weighted by atomic mass is 16.6. The SMILES string of the molecule is CCNC(=O)CN(CC)[C@H](C)c1nnc(-c2ccc([N+](=O)[O-])cc2)o1. The zero-order valence-electron chi connectivity index (χ0n) is 14.4. The van der Waals surface area contributed by atoms with Crippen molar-refractivity contribution in [2.75, 3.05) is 19.6 Å². The molecular formula is C16H21N5O4. The smallest absolute Gasteiger partial charge is 0.269 e. The van der Waals surface area contributed by atoms with Gasteiger partial charge in [0.25, 0.3) is 5.69 Å². The summed E-state index contributed by atoms with van der Waals surface area (Å²) in [5.74, 6) is 0.608. The Kier molecular flexibility index (Phi) is 6.18. The fourth-order valence-corrected chi connectivity index (χ4v) is 2.36. The van der Waals surface area contributed by atoms with Crippen molar-refractivity contribution in [1.82, 2.24) is 20.4 Å². The Bertz CT molecular complexity index is 728. The highest BCUT2D eigenvalue weighted by Gasteiger charge is 2.22. The summed E-state index contributed by atoms with van der Waals surface area (Å²) in [5, 5.41) is 21.5. The average Bonchev–Trinajstić information content (AvgIpc) is 3.09. The number of benzene rings is 1. The van der Waals surface area contributed by atoms with Crippen LogP contribution in [-0.2, 0) is 4.79 Å². The molecule has 1 amide bonds. The summed E-state index contributed by atoms with van der Waals surface area (Å²) in [4.78, 5) is 23.9. The van der Waals surface area contributed by atoms with Crippen LogP contribution in [-0.4, -0.2) is 45.6 Å². The Morgan fingerprint density at radius 2 is 2.00 bits per heavy atom. The van der Waals surface area contributed by atoms with E-state index in [1.807, 2.05) is 25.7 Å². The number of nitrogens with one attached hydrogen (secondary N) is 1. The predicted octanol–water partition coefficient (Wildman–Crippen LogP) is 2.16. The molecule has 0 saturated heterocycles. The largest absolute Gasteiger partial charge is 0.419 e. The van der Waals surface area contributed by atoms with Gasteiger partial charge in [0.05, 0.1) is 17.5 Å². The zero-order chi connectivity index (χ0) is 18.4. The number of likely N-dealkylation sites (N-methyl/N-ethyl adjacent to an activating group) is 2. The van der Waals surface area contributed by atoms with Gasteiger partial charge in [0, 0.05) is 24.2 Å². The van der Waals surface area contributed by atoms with E-state index in [9.17, 15) is 14.9 Å². The summed E-state index contributed by atoms with van der Waals surface area (Å²) in [5.41, 5.74) is 0.597. The van der Waals surface area contributed by atoms with Gasteiger partial charge < -0.3 is 9.73 Å². The molecule has 1 aromatic heterocycles. The summed E-state index contributed by atoms with van der Waals surface area (Å²) in [6, 6.07) is 5.66. The van der Waals surface area contributed by atoms with E-state index in [2.05, 4.69) is 15.5 Å². The maximum absolute atomic E-state index is 11.8. The topological polar surface area (TPSA) is 114 Å². The van der Waals surface area contributed by atoms with Gasteiger partial charge in [0.15, 0.2) is 0 Å². The van der Waals surface area contributed by atoms with Crippen molar-refractivity contribution in [3.05, 3.63) is 40.3 Å². The quantitative estimate of drug-likeness (QED) is 0.575. The Morgan fingerprint density at radius 1 is 1.32 bits per heavy atom. The Labute approximate surface area is 145 Å². The number of nitro benzene ring substituents is 1. The number of nitrogens with zero attached hydrogens (tertiary/aromatic N) is 4. The van der Waals surface area contributed by atoms with Crippen molar-refractivity contribution in [1.29, 1.82) is 0 Å². The molecule has 0 aliphatic rings. The molecule has 1 N–H and O–H groups in total. The fourth-order valence-electron chi connectivity index (χ4n) is 2.36. The predicted molar refractivity (Wildman–Crippen MR) is 90.7 cm³/mol. The van der Waals surface area contributed by atoms with Crippen LogP contribution in [0.3, 0.4) is 0 Å². The van der Waals surface area contributed by atoms with Gasteiger partial charge in [-0.05, 0) is 32.5 Å². The second kappa shape index (κ2) is 8.34. The molecule has 0 spiro atoms. The number of aromatic nitrogens is 2. The van der Waals surface area contributed by atoms with Crippen LogP contribution in [0.25, 0.3) is 11.5 Å². The molecule has 2 rings (SSSR count). The lowest BCUT2D eigenvalue weighted by Crippen LogP contribution is -2.38. The second-order valence-corrected chi connectivity index (χ2v) is 5.44. The van der Waals surface area contributed by atoms with Crippen molar-refractivity contribution in [3.63, 3.8) is 0 Å². The van der Waals surface area contributed by atoms with Gasteiger partial charge in [-0.25, -0.2) is 0 Å². The molecule has 1 atom stereocenters. The van der Waals surface area contributed by atoms with Crippen molar-refractivity contribution >= 4 is 11.6 Å². The number of amides is 1. The van der Waals surface area contributed by atoms with Crippen LogP contribution in [0.4, 0.5) is 5.69 Å². The molecule has 0 fully saturated rings. The highest BCUT2D eigenvalue weighted by molar-refractivity contribution is 5.77. The molecule has 1 aromatic carbocycles. The Hall–Kier alpha value is -2.81. The molecule has 0 saturated carbocycles. The molecule has 134 valence electrons. The molecule has 9 heteroatoms. The number of carbonyl (C=O) groups excluding carboxylic acids is 1. The summed E-state index contributed by atoms with van der Waals surface area (Å²) in [6.07, 6.45) is 0.